The van der Waals surface area contributed by atoms with Crippen molar-refractivity contribution in [2.24, 2.45) is 5.92 Å². The molecule has 0 saturated carbocycles. The largest absolute Gasteiger partial charge is 0.711 e. The molecule has 1 fully saturated rings. The van der Waals surface area contributed by atoms with Crippen LogP contribution in [0.25, 0.3) is 0 Å². The molecule has 0 spiro atoms. The van der Waals surface area contributed by atoms with Crippen molar-refractivity contribution in [1.82, 2.24) is 4.57 Å². The first-order valence-corrected chi connectivity index (χ1v) is 10.0. The van der Waals surface area contributed by atoms with Crippen molar-refractivity contribution < 1.29 is 28.2 Å². The molecule has 0 amide bonds. The van der Waals surface area contributed by atoms with Crippen LogP contribution in [-0.4, -0.2) is 22.3 Å². The highest BCUT2D eigenvalue weighted by Crippen LogP contribution is 2.38. The van der Waals surface area contributed by atoms with Gasteiger partial charge in [-0.05, 0) is 17.7 Å². The zero-order chi connectivity index (χ0) is 22.3. The zero-order valence-electron chi connectivity index (χ0n) is 17.8. The van der Waals surface area contributed by atoms with Crippen LogP contribution in [0.5, 0.6) is 0 Å². The van der Waals surface area contributed by atoms with Crippen LogP contribution in [0.2, 0.25) is 0 Å². The molecule has 0 aliphatic carbocycles. The van der Waals surface area contributed by atoms with Crippen molar-refractivity contribution in [3.05, 3.63) is 82.5 Å². The van der Waals surface area contributed by atoms with Crippen LogP contribution in [0, 0.1) is 25.0 Å². The van der Waals surface area contributed by atoms with Gasteiger partial charge < -0.3 is 19.1 Å². The van der Waals surface area contributed by atoms with Crippen LogP contribution in [0.4, 0.5) is 0 Å². The monoisotopic (exact) mass is 424 g/mol. The lowest BCUT2D eigenvalue weighted by Crippen LogP contribution is -2.50. The zero-order valence-corrected chi connectivity index (χ0v) is 17.8. The van der Waals surface area contributed by atoms with Crippen LogP contribution < -0.4 is 4.73 Å². The molecule has 4 rings (SSSR count). The van der Waals surface area contributed by atoms with Gasteiger partial charge in [-0.2, -0.15) is 0 Å². The maximum absolute atomic E-state index is 13.3. The molecular formula is C23H24N2O6. The van der Waals surface area contributed by atoms with E-state index in [1.165, 1.54) is 20.1 Å². The number of carbonyl (C=O) groups is 2. The average molecular weight is 424 g/mol. The second-order valence-corrected chi connectivity index (χ2v) is 8.11. The third-order valence-corrected chi connectivity index (χ3v) is 5.56. The molecule has 8 nitrogen and oxygen atoms in total. The Morgan fingerprint density at radius 2 is 1.71 bits per heavy atom. The SMILES string of the molecule is Cc1c(C)[n+]([O-])c([C@@H](c2ccco2)C2C(=O)OC(C)(C)OC2=O)n1Cc1ccccc1. The van der Waals surface area contributed by atoms with E-state index in [-0.39, 0.29) is 5.82 Å². The van der Waals surface area contributed by atoms with E-state index in [1.54, 1.807) is 19.1 Å². The second kappa shape index (κ2) is 7.61. The summed E-state index contributed by atoms with van der Waals surface area (Å²) < 4.78 is 18.8. The Balaban J connectivity index is 1.88. The van der Waals surface area contributed by atoms with Crippen molar-refractivity contribution >= 4 is 11.9 Å². The number of rotatable bonds is 5. The summed E-state index contributed by atoms with van der Waals surface area (Å²) in [5.41, 5.74) is 2.17. The molecule has 1 aliphatic rings. The molecule has 0 radical (unpaired) electrons. The number of furan rings is 1. The Bertz CT molecular complexity index is 1090. The van der Waals surface area contributed by atoms with Crippen LogP contribution in [0.1, 0.15) is 48.3 Å². The molecule has 0 bridgehead atoms. The van der Waals surface area contributed by atoms with E-state index >= 15 is 0 Å². The van der Waals surface area contributed by atoms with Gasteiger partial charge in [0.1, 0.15) is 29.6 Å². The van der Waals surface area contributed by atoms with Gasteiger partial charge in [-0.25, -0.2) is 9.30 Å². The maximum Gasteiger partial charge on any atom is 0.325 e. The molecule has 1 aliphatic heterocycles. The van der Waals surface area contributed by atoms with Gasteiger partial charge >= 0.3 is 11.9 Å². The third-order valence-electron chi connectivity index (χ3n) is 5.56. The molecule has 8 heteroatoms. The molecule has 1 atom stereocenters. The summed E-state index contributed by atoms with van der Waals surface area (Å²) in [6.07, 6.45) is 1.44. The molecule has 3 heterocycles. The Morgan fingerprint density at radius 1 is 1.06 bits per heavy atom. The summed E-state index contributed by atoms with van der Waals surface area (Å²) in [6, 6.07) is 12.9. The number of esters is 2. The molecule has 0 unspecified atom stereocenters. The van der Waals surface area contributed by atoms with E-state index in [4.69, 9.17) is 13.9 Å². The minimum absolute atomic E-state index is 0.215. The van der Waals surface area contributed by atoms with Crippen molar-refractivity contribution in [1.29, 1.82) is 0 Å². The number of cyclic esters (lactones) is 2. The highest BCUT2D eigenvalue weighted by molar-refractivity contribution is 5.98. The van der Waals surface area contributed by atoms with E-state index < -0.39 is 29.6 Å². The number of nitrogens with zero attached hydrogens (tertiary/aromatic N) is 2. The van der Waals surface area contributed by atoms with Crippen LogP contribution in [0.3, 0.4) is 0 Å². The number of imidazole rings is 1. The number of hydrogen-bond acceptors (Lipinski definition) is 6. The number of benzene rings is 1. The predicted octanol–water partition coefficient (Wildman–Crippen LogP) is 2.96. The molecule has 1 aromatic carbocycles. The van der Waals surface area contributed by atoms with Gasteiger partial charge in [0.2, 0.25) is 0 Å². The summed E-state index contributed by atoms with van der Waals surface area (Å²) in [5.74, 6) is -4.76. The fourth-order valence-electron chi connectivity index (χ4n) is 3.96. The molecule has 0 N–H and O–H groups in total. The number of ether oxygens (including phenoxy) is 2. The Morgan fingerprint density at radius 3 is 2.29 bits per heavy atom. The van der Waals surface area contributed by atoms with Gasteiger partial charge in [0, 0.05) is 27.7 Å². The summed E-state index contributed by atoms with van der Waals surface area (Å²) in [7, 11) is 0. The minimum atomic E-state index is -1.37. The van der Waals surface area contributed by atoms with Crippen LogP contribution in [0.15, 0.2) is 53.1 Å². The molecule has 1 saturated heterocycles. The van der Waals surface area contributed by atoms with Crippen LogP contribution >= 0.6 is 0 Å². The minimum Gasteiger partial charge on any atom is -0.711 e. The van der Waals surface area contributed by atoms with E-state index in [2.05, 4.69) is 0 Å². The topological polar surface area (TPSA) is 97.6 Å². The van der Waals surface area contributed by atoms with Crippen molar-refractivity contribution in [3.8, 4) is 0 Å². The highest BCUT2D eigenvalue weighted by atomic mass is 16.7. The summed E-state index contributed by atoms with van der Waals surface area (Å²) in [6.45, 7) is 6.89. The smallest absolute Gasteiger partial charge is 0.325 e. The number of aromatic nitrogens is 2. The first-order valence-electron chi connectivity index (χ1n) is 10.0. The van der Waals surface area contributed by atoms with Gasteiger partial charge in [-0.3, -0.25) is 9.59 Å². The van der Waals surface area contributed by atoms with Gasteiger partial charge in [-0.15, -0.1) is 0 Å². The Labute approximate surface area is 179 Å². The summed E-state index contributed by atoms with van der Waals surface area (Å²) in [5, 5.41) is 13.3. The lowest BCUT2D eigenvalue weighted by molar-refractivity contribution is -0.621. The number of hydrogen-bond donors (Lipinski definition) is 0. The van der Waals surface area contributed by atoms with Crippen LogP contribution in [-0.2, 0) is 25.6 Å². The van der Waals surface area contributed by atoms with E-state index in [9.17, 15) is 14.8 Å². The first-order chi connectivity index (χ1) is 14.7. The summed E-state index contributed by atoms with van der Waals surface area (Å²) >= 11 is 0. The average Bonchev–Trinajstić information content (AvgIpc) is 3.30. The van der Waals surface area contributed by atoms with E-state index in [0.29, 0.717) is 18.0 Å². The lowest BCUT2D eigenvalue weighted by Gasteiger charge is -2.34. The van der Waals surface area contributed by atoms with Gasteiger partial charge in [0.05, 0.1) is 6.26 Å². The molecule has 3 aromatic rings. The Kier molecular flexibility index (Phi) is 5.08. The third kappa shape index (κ3) is 3.69. The van der Waals surface area contributed by atoms with Crippen molar-refractivity contribution in [2.75, 3.05) is 0 Å². The standard InChI is InChI=1S/C23H24N2O6/c1-14-15(2)25(28)20(24(14)13-16-9-6-5-7-10-16)18(17-11-8-12-29-17)19-21(26)30-23(3,4)31-22(19)27/h5-12,18-19H,13H2,1-4H3/t18-/m0/s1. The Hall–Kier alpha value is -3.55. The van der Waals surface area contributed by atoms with Gasteiger partial charge in [0.15, 0.2) is 5.92 Å². The molecular weight excluding hydrogens is 400 g/mol. The van der Waals surface area contributed by atoms with Gasteiger partial charge in [-0.1, -0.05) is 30.3 Å². The summed E-state index contributed by atoms with van der Waals surface area (Å²) in [4.78, 5) is 25.8. The lowest BCUT2D eigenvalue weighted by atomic mass is 9.88. The normalized spacial score (nSPS) is 17.3. The second-order valence-electron chi connectivity index (χ2n) is 8.11. The quantitative estimate of drug-likeness (QED) is 0.270. The highest BCUT2D eigenvalue weighted by Gasteiger charge is 2.53. The van der Waals surface area contributed by atoms with Crippen molar-refractivity contribution in [3.63, 3.8) is 0 Å². The molecule has 2 aromatic heterocycles. The van der Waals surface area contributed by atoms with Gasteiger partial charge in [0.25, 0.3) is 11.6 Å². The van der Waals surface area contributed by atoms with Crippen molar-refractivity contribution in [2.45, 2.75) is 45.9 Å². The number of carbonyl (C=O) groups excluding carboxylic acids is 2. The molecule has 162 valence electrons. The maximum atomic E-state index is 13.3. The first kappa shape index (κ1) is 20.7. The fraction of sp³-hybridized carbons (Fsp3) is 0.348. The predicted molar refractivity (Wildman–Crippen MR) is 109 cm³/mol. The van der Waals surface area contributed by atoms with E-state index in [1.807, 2.05) is 41.8 Å². The van der Waals surface area contributed by atoms with E-state index in [0.717, 1.165) is 16.0 Å². The molecule has 31 heavy (non-hydrogen) atoms. The fourth-order valence-corrected chi connectivity index (χ4v) is 3.96.